The first-order valence-corrected chi connectivity index (χ1v) is 11.7. The SMILES string of the molecule is C[C@@H](c1ccc(-c2cccc(C(=O)O)n2)cc1)N1CC[C@](CC(C)(C)O)(c2ccccc2)OC1=O. The number of benzene rings is 2. The van der Waals surface area contributed by atoms with E-state index in [2.05, 4.69) is 4.98 Å². The molecule has 1 aliphatic heterocycles. The Hall–Kier alpha value is -3.71. The van der Waals surface area contributed by atoms with Crippen LogP contribution in [0.1, 0.15) is 61.3 Å². The molecule has 0 saturated carbocycles. The molecule has 0 bridgehead atoms. The zero-order valence-corrected chi connectivity index (χ0v) is 20.1. The Morgan fingerprint density at radius 2 is 1.77 bits per heavy atom. The van der Waals surface area contributed by atoms with Crippen LogP contribution in [0, 0.1) is 0 Å². The van der Waals surface area contributed by atoms with Gasteiger partial charge in [-0.05, 0) is 44.0 Å². The highest BCUT2D eigenvalue weighted by Gasteiger charge is 2.46. The Kier molecular flexibility index (Phi) is 6.63. The van der Waals surface area contributed by atoms with Gasteiger partial charge in [0.05, 0.1) is 17.3 Å². The molecule has 0 aliphatic carbocycles. The maximum absolute atomic E-state index is 13.2. The Morgan fingerprint density at radius 1 is 1.09 bits per heavy atom. The molecule has 1 aromatic heterocycles. The summed E-state index contributed by atoms with van der Waals surface area (Å²) in [5, 5.41) is 19.7. The van der Waals surface area contributed by atoms with Gasteiger partial charge in [0.2, 0.25) is 0 Å². The van der Waals surface area contributed by atoms with Crippen molar-refractivity contribution in [3.05, 3.63) is 89.6 Å². The van der Waals surface area contributed by atoms with Crippen molar-refractivity contribution in [1.29, 1.82) is 0 Å². The number of ether oxygens (including phenoxy) is 1. The van der Waals surface area contributed by atoms with Crippen molar-refractivity contribution in [1.82, 2.24) is 9.88 Å². The van der Waals surface area contributed by atoms with Crippen LogP contribution in [0.4, 0.5) is 4.79 Å². The van der Waals surface area contributed by atoms with Crippen LogP contribution in [-0.4, -0.2) is 44.3 Å². The van der Waals surface area contributed by atoms with E-state index in [4.69, 9.17) is 4.74 Å². The number of aliphatic hydroxyl groups is 1. The minimum absolute atomic E-state index is 0.0102. The molecule has 1 saturated heterocycles. The van der Waals surface area contributed by atoms with Gasteiger partial charge in [-0.2, -0.15) is 0 Å². The molecule has 2 aromatic carbocycles. The third kappa shape index (κ3) is 5.35. The molecule has 35 heavy (non-hydrogen) atoms. The molecule has 2 atom stereocenters. The third-order valence-electron chi connectivity index (χ3n) is 6.42. The summed E-state index contributed by atoms with van der Waals surface area (Å²) in [5.74, 6) is -1.07. The molecule has 182 valence electrons. The summed E-state index contributed by atoms with van der Waals surface area (Å²) in [4.78, 5) is 30.3. The number of carbonyl (C=O) groups excluding carboxylic acids is 1. The summed E-state index contributed by atoms with van der Waals surface area (Å²) in [7, 11) is 0. The minimum atomic E-state index is -1.07. The Bertz CT molecular complexity index is 1200. The smallest absolute Gasteiger partial charge is 0.411 e. The number of amides is 1. The van der Waals surface area contributed by atoms with Crippen LogP contribution in [0.2, 0.25) is 0 Å². The van der Waals surface area contributed by atoms with Gasteiger partial charge in [-0.25, -0.2) is 14.6 Å². The predicted molar refractivity (Wildman–Crippen MR) is 132 cm³/mol. The zero-order chi connectivity index (χ0) is 25.2. The van der Waals surface area contributed by atoms with E-state index in [1.807, 2.05) is 61.5 Å². The molecule has 0 spiro atoms. The number of carbonyl (C=O) groups is 2. The van der Waals surface area contributed by atoms with Crippen molar-refractivity contribution in [2.45, 2.75) is 50.9 Å². The monoisotopic (exact) mass is 474 g/mol. The number of pyridine rings is 1. The number of hydrogen-bond donors (Lipinski definition) is 2. The van der Waals surface area contributed by atoms with Gasteiger partial charge in [-0.1, -0.05) is 60.7 Å². The number of aromatic nitrogens is 1. The maximum Gasteiger partial charge on any atom is 0.411 e. The molecule has 1 amide bonds. The summed E-state index contributed by atoms with van der Waals surface area (Å²) in [6.07, 6.45) is 0.438. The molecule has 7 nitrogen and oxygen atoms in total. The number of nitrogens with zero attached hydrogens (tertiary/aromatic N) is 2. The van der Waals surface area contributed by atoms with Gasteiger partial charge in [-0.15, -0.1) is 0 Å². The lowest BCUT2D eigenvalue weighted by Crippen LogP contribution is -2.51. The quantitative estimate of drug-likeness (QED) is 0.475. The van der Waals surface area contributed by atoms with Crippen molar-refractivity contribution in [2.24, 2.45) is 0 Å². The van der Waals surface area contributed by atoms with Crippen LogP contribution in [0.5, 0.6) is 0 Å². The lowest BCUT2D eigenvalue weighted by atomic mass is 9.80. The fourth-order valence-electron chi connectivity index (χ4n) is 4.72. The number of hydrogen-bond acceptors (Lipinski definition) is 5. The zero-order valence-electron chi connectivity index (χ0n) is 20.1. The first-order valence-electron chi connectivity index (χ1n) is 11.7. The highest BCUT2D eigenvalue weighted by molar-refractivity contribution is 5.86. The normalized spacial score (nSPS) is 19.2. The standard InChI is InChI=1S/C28H30N2O5/c1-19(20-12-14-21(15-13-20)23-10-7-11-24(29-23)25(31)32)30-17-16-28(35-26(30)33,18-27(2,3)34)22-8-5-4-6-9-22/h4-15,19,34H,16-18H2,1-3H3,(H,31,32)/t19-,28-/m0/s1. The van der Waals surface area contributed by atoms with Gasteiger partial charge in [0.1, 0.15) is 11.3 Å². The van der Waals surface area contributed by atoms with E-state index >= 15 is 0 Å². The van der Waals surface area contributed by atoms with Crippen molar-refractivity contribution in [2.75, 3.05) is 6.54 Å². The van der Waals surface area contributed by atoms with Crippen molar-refractivity contribution < 1.29 is 24.5 Å². The van der Waals surface area contributed by atoms with Crippen LogP contribution in [0.25, 0.3) is 11.3 Å². The van der Waals surface area contributed by atoms with Gasteiger partial charge in [-0.3, -0.25) is 0 Å². The predicted octanol–water partition coefficient (Wildman–Crippen LogP) is 5.41. The topological polar surface area (TPSA) is 100.0 Å². The van der Waals surface area contributed by atoms with Gasteiger partial charge in [0.15, 0.2) is 0 Å². The number of carboxylic acids is 1. The second kappa shape index (κ2) is 9.50. The molecule has 2 N–H and O–H groups in total. The average molecular weight is 475 g/mol. The largest absolute Gasteiger partial charge is 0.477 e. The average Bonchev–Trinajstić information content (AvgIpc) is 2.83. The molecule has 4 rings (SSSR count). The van der Waals surface area contributed by atoms with E-state index in [1.54, 1.807) is 30.9 Å². The lowest BCUT2D eigenvalue weighted by Gasteiger charge is -2.45. The van der Waals surface area contributed by atoms with Gasteiger partial charge in [0, 0.05) is 24.9 Å². The van der Waals surface area contributed by atoms with Crippen LogP contribution >= 0.6 is 0 Å². The molecule has 0 radical (unpaired) electrons. The second-order valence-electron chi connectivity index (χ2n) is 9.67. The number of carboxylic acid groups (broad SMARTS) is 1. The van der Waals surface area contributed by atoms with E-state index in [-0.39, 0.29) is 11.7 Å². The molecule has 7 heteroatoms. The molecular weight excluding hydrogens is 444 g/mol. The van der Waals surface area contributed by atoms with Gasteiger partial charge < -0.3 is 19.8 Å². The Balaban J connectivity index is 1.53. The van der Waals surface area contributed by atoms with Crippen LogP contribution in [0.15, 0.2) is 72.8 Å². The maximum atomic E-state index is 13.2. The fourth-order valence-corrected chi connectivity index (χ4v) is 4.72. The molecule has 1 fully saturated rings. The molecular formula is C28H30N2O5. The molecule has 1 aliphatic rings. The highest BCUT2D eigenvalue weighted by atomic mass is 16.6. The Morgan fingerprint density at radius 3 is 2.37 bits per heavy atom. The van der Waals surface area contributed by atoms with E-state index in [9.17, 15) is 19.8 Å². The van der Waals surface area contributed by atoms with E-state index in [0.717, 1.165) is 16.7 Å². The van der Waals surface area contributed by atoms with Crippen molar-refractivity contribution in [3.63, 3.8) is 0 Å². The Labute approximate surface area is 205 Å². The van der Waals surface area contributed by atoms with Crippen LogP contribution in [-0.2, 0) is 10.3 Å². The number of rotatable bonds is 7. The first-order chi connectivity index (χ1) is 16.6. The fraction of sp³-hybridized carbons (Fsp3) is 0.321. The van der Waals surface area contributed by atoms with E-state index in [1.165, 1.54) is 6.07 Å². The second-order valence-corrected chi connectivity index (χ2v) is 9.67. The van der Waals surface area contributed by atoms with Crippen LogP contribution < -0.4 is 0 Å². The summed E-state index contributed by atoms with van der Waals surface area (Å²) in [5.41, 5.74) is 1.25. The highest BCUT2D eigenvalue weighted by Crippen LogP contribution is 2.42. The number of aromatic carboxylic acids is 1. The summed E-state index contributed by atoms with van der Waals surface area (Å²) < 4.78 is 6.08. The van der Waals surface area contributed by atoms with Gasteiger partial charge in [0.25, 0.3) is 0 Å². The third-order valence-corrected chi connectivity index (χ3v) is 6.42. The summed E-state index contributed by atoms with van der Waals surface area (Å²) >= 11 is 0. The van der Waals surface area contributed by atoms with Crippen molar-refractivity contribution >= 4 is 12.1 Å². The molecule has 2 heterocycles. The summed E-state index contributed by atoms with van der Waals surface area (Å²) in [6, 6.07) is 21.8. The van der Waals surface area contributed by atoms with Crippen molar-refractivity contribution in [3.8, 4) is 11.3 Å². The molecule has 0 unspecified atom stereocenters. The van der Waals surface area contributed by atoms with Crippen LogP contribution in [0.3, 0.4) is 0 Å². The minimum Gasteiger partial charge on any atom is -0.477 e. The lowest BCUT2D eigenvalue weighted by molar-refractivity contribution is -0.101. The number of cyclic esters (lactones) is 1. The first kappa shape index (κ1) is 24.4. The van der Waals surface area contributed by atoms with Gasteiger partial charge >= 0.3 is 12.1 Å². The molecule has 3 aromatic rings. The van der Waals surface area contributed by atoms with E-state index < -0.39 is 23.3 Å². The van der Waals surface area contributed by atoms with E-state index in [0.29, 0.717) is 25.1 Å². The summed E-state index contributed by atoms with van der Waals surface area (Å²) in [6.45, 7) is 5.88.